The van der Waals surface area contributed by atoms with E-state index in [1.54, 1.807) is 11.3 Å². The Hall–Kier alpha value is -1.72. The number of likely N-dealkylation sites (tertiary alicyclic amines) is 1. The average Bonchev–Trinajstić information content (AvgIpc) is 3.14. The first-order valence-corrected chi connectivity index (χ1v) is 8.56. The van der Waals surface area contributed by atoms with E-state index in [-0.39, 0.29) is 11.9 Å². The monoisotopic (exact) mass is 315 g/mol. The van der Waals surface area contributed by atoms with Gasteiger partial charge in [-0.25, -0.2) is 4.98 Å². The minimum atomic E-state index is -0.187. The van der Waals surface area contributed by atoms with Gasteiger partial charge in [-0.05, 0) is 43.9 Å². The van der Waals surface area contributed by atoms with Crippen LogP contribution < -0.4 is 5.73 Å². The van der Waals surface area contributed by atoms with Crippen LogP contribution in [0.25, 0.3) is 10.4 Å². The molecule has 5 heteroatoms. The summed E-state index contributed by atoms with van der Waals surface area (Å²) >= 11 is 1.68. The van der Waals surface area contributed by atoms with Crippen LogP contribution in [-0.2, 0) is 11.2 Å². The largest absolute Gasteiger partial charge is 0.368 e. The Morgan fingerprint density at radius 2 is 2.18 bits per heavy atom. The summed E-state index contributed by atoms with van der Waals surface area (Å²) in [5.74, 6) is -0.187. The summed E-state index contributed by atoms with van der Waals surface area (Å²) < 4.78 is 0. The van der Waals surface area contributed by atoms with Crippen molar-refractivity contribution in [3.63, 3.8) is 0 Å². The van der Waals surface area contributed by atoms with Crippen molar-refractivity contribution in [3.05, 3.63) is 41.0 Å². The fraction of sp³-hybridized carbons (Fsp3) is 0.412. The highest BCUT2D eigenvalue weighted by molar-refractivity contribution is 7.13. The van der Waals surface area contributed by atoms with E-state index in [9.17, 15) is 4.79 Å². The molecule has 1 aliphatic heterocycles. The summed E-state index contributed by atoms with van der Waals surface area (Å²) in [5, 5.41) is 0. The number of hydrogen-bond donors (Lipinski definition) is 1. The van der Waals surface area contributed by atoms with Gasteiger partial charge in [0.25, 0.3) is 0 Å². The minimum absolute atomic E-state index is 0.0703. The van der Waals surface area contributed by atoms with Crippen molar-refractivity contribution >= 4 is 17.2 Å². The molecular weight excluding hydrogens is 294 g/mol. The quantitative estimate of drug-likeness (QED) is 0.922. The second kappa shape index (κ2) is 6.58. The van der Waals surface area contributed by atoms with Gasteiger partial charge in [-0.2, -0.15) is 0 Å². The number of aromatic nitrogens is 1. The molecule has 4 nitrogen and oxygen atoms in total. The molecule has 1 aromatic heterocycles. The van der Waals surface area contributed by atoms with E-state index in [2.05, 4.69) is 34.1 Å². The average molecular weight is 315 g/mol. The Balaban J connectivity index is 1.62. The number of rotatable bonds is 5. The van der Waals surface area contributed by atoms with Crippen molar-refractivity contribution in [2.45, 2.75) is 32.2 Å². The fourth-order valence-electron chi connectivity index (χ4n) is 3.09. The Morgan fingerprint density at radius 1 is 1.41 bits per heavy atom. The van der Waals surface area contributed by atoms with Crippen LogP contribution in [0.15, 0.2) is 29.8 Å². The van der Waals surface area contributed by atoms with Crippen molar-refractivity contribution in [3.8, 4) is 10.4 Å². The molecule has 1 fully saturated rings. The maximum absolute atomic E-state index is 11.4. The maximum Gasteiger partial charge on any atom is 0.234 e. The van der Waals surface area contributed by atoms with Crippen LogP contribution in [0.5, 0.6) is 0 Å². The third kappa shape index (κ3) is 3.20. The highest BCUT2D eigenvalue weighted by Crippen LogP contribution is 2.27. The first kappa shape index (κ1) is 15.2. The highest BCUT2D eigenvalue weighted by atomic mass is 32.1. The van der Waals surface area contributed by atoms with Gasteiger partial charge in [-0.15, -0.1) is 11.3 Å². The van der Waals surface area contributed by atoms with Crippen molar-refractivity contribution in [1.29, 1.82) is 0 Å². The molecule has 22 heavy (non-hydrogen) atoms. The van der Waals surface area contributed by atoms with Crippen molar-refractivity contribution in [1.82, 2.24) is 9.88 Å². The molecule has 0 bridgehead atoms. The minimum Gasteiger partial charge on any atom is -0.368 e. The fourth-order valence-corrected chi connectivity index (χ4v) is 3.90. The molecule has 116 valence electrons. The predicted molar refractivity (Wildman–Crippen MR) is 89.8 cm³/mol. The topological polar surface area (TPSA) is 59.2 Å². The van der Waals surface area contributed by atoms with Gasteiger partial charge in [0, 0.05) is 6.54 Å². The second-order valence-corrected chi connectivity index (χ2v) is 6.66. The molecule has 0 unspecified atom stereocenters. The Morgan fingerprint density at radius 3 is 2.82 bits per heavy atom. The van der Waals surface area contributed by atoms with Gasteiger partial charge in [-0.3, -0.25) is 9.69 Å². The SMILES string of the molecule is Cc1ncsc1-c1ccc(CCN2CCC[C@H]2C(N)=O)cc1. The van der Waals surface area contributed by atoms with Gasteiger partial charge >= 0.3 is 0 Å². The molecule has 1 aromatic carbocycles. The molecule has 2 aromatic rings. The summed E-state index contributed by atoms with van der Waals surface area (Å²) in [6.07, 6.45) is 2.92. The summed E-state index contributed by atoms with van der Waals surface area (Å²) in [5.41, 5.74) is 10.9. The number of carbonyl (C=O) groups excluding carboxylic acids is 1. The molecule has 1 atom stereocenters. The lowest BCUT2D eigenvalue weighted by Crippen LogP contribution is -2.41. The number of thiazole rings is 1. The van der Waals surface area contributed by atoms with Crippen LogP contribution in [0.3, 0.4) is 0 Å². The van der Waals surface area contributed by atoms with Crippen LogP contribution in [-0.4, -0.2) is 34.9 Å². The van der Waals surface area contributed by atoms with Gasteiger partial charge in [0.15, 0.2) is 0 Å². The van der Waals surface area contributed by atoms with Gasteiger partial charge in [0.1, 0.15) is 0 Å². The Kier molecular flexibility index (Phi) is 4.55. The number of aryl methyl sites for hydroxylation is 1. The first-order chi connectivity index (χ1) is 10.6. The molecular formula is C17H21N3OS. The highest BCUT2D eigenvalue weighted by Gasteiger charge is 2.28. The lowest BCUT2D eigenvalue weighted by molar-refractivity contribution is -0.122. The van der Waals surface area contributed by atoms with Crippen LogP contribution in [0.2, 0.25) is 0 Å². The van der Waals surface area contributed by atoms with Gasteiger partial charge in [-0.1, -0.05) is 24.3 Å². The van der Waals surface area contributed by atoms with Crippen molar-refractivity contribution < 1.29 is 4.79 Å². The summed E-state index contributed by atoms with van der Waals surface area (Å²) in [6.45, 7) is 3.91. The lowest BCUT2D eigenvalue weighted by atomic mass is 10.1. The van der Waals surface area contributed by atoms with Crippen LogP contribution >= 0.6 is 11.3 Å². The molecule has 0 saturated carbocycles. The zero-order valence-corrected chi connectivity index (χ0v) is 13.6. The van der Waals surface area contributed by atoms with E-state index in [1.165, 1.54) is 16.0 Å². The molecule has 1 aliphatic rings. The Labute approximate surface area is 135 Å². The zero-order valence-electron chi connectivity index (χ0n) is 12.8. The number of primary amides is 1. The molecule has 0 spiro atoms. The van der Waals surface area contributed by atoms with E-state index in [0.717, 1.165) is 38.0 Å². The third-order valence-corrected chi connectivity index (χ3v) is 5.32. The number of nitrogens with two attached hydrogens (primary N) is 1. The van der Waals surface area contributed by atoms with Gasteiger partial charge in [0.2, 0.25) is 5.91 Å². The van der Waals surface area contributed by atoms with Crippen molar-refractivity contribution in [2.24, 2.45) is 5.73 Å². The van der Waals surface area contributed by atoms with E-state index in [1.807, 2.05) is 12.4 Å². The summed E-state index contributed by atoms with van der Waals surface area (Å²) in [7, 11) is 0. The van der Waals surface area contributed by atoms with Crippen molar-refractivity contribution in [2.75, 3.05) is 13.1 Å². The van der Waals surface area contributed by atoms with Crippen LogP contribution in [0, 0.1) is 6.92 Å². The standard InChI is InChI=1S/C17H21N3OS/c1-12-16(22-11-19-12)14-6-4-13(5-7-14)8-10-20-9-2-3-15(20)17(18)21/h4-7,11,15H,2-3,8-10H2,1H3,(H2,18,21)/t15-/m0/s1. The number of carbonyl (C=O) groups is 1. The second-order valence-electron chi connectivity index (χ2n) is 5.81. The maximum atomic E-state index is 11.4. The first-order valence-electron chi connectivity index (χ1n) is 7.68. The molecule has 0 aliphatic carbocycles. The third-order valence-electron chi connectivity index (χ3n) is 4.34. The van der Waals surface area contributed by atoms with E-state index in [4.69, 9.17) is 5.73 Å². The molecule has 2 N–H and O–H groups in total. The predicted octanol–water partition coefficient (Wildman–Crippen LogP) is 2.61. The van der Waals surface area contributed by atoms with E-state index in [0.29, 0.717) is 0 Å². The molecule has 2 heterocycles. The summed E-state index contributed by atoms with van der Waals surface area (Å²) in [4.78, 5) is 19.2. The van der Waals surface area contributed by atoms with E-state index < -0.39 is 0 Å². The Bertz CT molecular complexity index is 650. The van der Waals surface area contributed by atoms with Crippen LogP contribution in [0.1, 0.15) is 24.1 Å². The molecule has 3 rings (SSSR count). The number of hydrogen-bond acceptors (Lipinski definition) is 4. The number of nitrogens with zero attached hydrogens (tertiary/aromatic N) is 2. The van der Waals surface area contributed by atoms with E-state index >= 15 is 0 Å². The zero-order chi connectivity index (χ0) is 15.5. The van der Waals surface area contributed by atoms with Crippen LogP contribution in [0.4, 0.5) is 0 Å². The van der Waals surface area contributed by atoms with Gasteiger partial charge in [0.05, 0.1) is 22.1 Å². The molecule has 1 amide bonds. The number of amides is 1. The molecule has 1 saturated heterocycles. The smallest absolute Gasteiger partial charge is 0.234 e. The normalized spacial score (nSPS) is 18.7. The molecule has 0 radical (unpaired) electrons. The lowest BCUT2D eigenvalue weighted by Gasteiger charge is -2.21. The van der Waals surface area contributed by atoms with Gasteiger partial charge < -0.3 is 5.73 Å². The summed E-state index contributed by atoms with van der Waals surface area (Å²) in [6, 6.07) is 8.59. The number of benzene rings is 1.